The SMILES string of the molecule is CC(C)(C)[C@H](NC(=O)C1CCCC1)C(=O)O. The molecule has 1 aliphatic rings. The Kier molecular flexibility index (Phi) is 3.94. The second-order valence-corrected chi connectivity index (χ2v) is 5.63. The molecule has 0 aromatic carbocycles. The summed E-state index contributed by atoms with van der Waals surface area (Å²) in [4.78, 5) is 22.9. The highest BCUT2D eigenvalue weighted by Crippen LogP contribution is 2.26. The molecule has 0 saturated heterocycles. The summed E-state index contributed by atoms with van der Waals surface area (Å²) >= 11 is 0. The van der Waals surface area contributed by atoms with Crippen LogP contribution in [-0.4, -0.2) is 23.0 Å². The van der Waals surface area contributed by atoms with E-state index in [1.807, 2.05) is 20.8 Å². The van der Waals surface area contributed by atoms with Gasteiger partial charge in [0.25, 0.3) is 0 Å². The van der Waals surface area contributed by atoms with Crippen LogP contribution in [0.4, 0.5) is 0 Å². The minimum absolute atomic E-state index is 0.0178. The van der Waals surface area contributed by atoms with Gasteiger partial charge in [-0.3, -0.25) is 4.79 Å². The minimum atomic E-state index is -0.959. The molecule has 4 heteroatoms. The van der Waals surface area contributed by atoms with E-state index in [0.717, 1.165) is 25.7 Å². The van der Waals surface area contributed by atoms with E-state index >= 15 is 0 Å². The number of hydrogen-bond acceptors (Lipinski definition) is 2. The number of aliphatic carboxylic acids is 1. The van der Waals surface area contributed by atoms with E-state index in [0.29, 0.717) is 0 Å². The first-order chi connectivity index (χ1) is 7.32. The van der Waals surface area contributed by atoms with E-state index in [9.17, 15) is 9.59 Å². The highest BCUT2D eigenvalue weighted by Gasteiger charge is 2.34. The first-order valence-corrected chi connectivity index (χ1v) is 5.85. The molecule has 1 rings (SSSR count). The second-order valence-electron chi connectivity index (χ2n) is 5.63. The molecule has 1 atom stereocenters. The summed E-state index contributed by atoms with van der Waals surface area (Å²) < 4.78 is 0. The fourth-order valence-corrected chi connectivity index (χ4v) is 2.10. The van der Waals surface area contributed by atoms with Gasteiger partial charge in [-0.2, -0.15) is 0 Å². The molecule has 1 fully saturated rings. The number of rotatable bonds is 3. The molecule has 0 radical (unpaired) electrons. The fraction of sp³-hybridized carbons (Fsp3) is 0.833. The Morgan fingerprint density at radius 1 is 1.25 bits per heavy atom. The molecule has 0 aromatic heterocycles. The summed E-state index contributed by atoms with van der Waals surface area (Å²) in [6.45, 7) is 5.46. The van der Waals surface area contributed by atoms with Crippen LogP contribution in [-0.2, 0) is 9.59 Å². The maximum Gasteiger partial charge on any atom is 0.326 e. The van der Waals surface area contributed by atoms with Crippen LogP contribution in [0.2, 0.25) is 0 Å². The lowest BCUT2D eigenvalue weighted by molar-refractivity contribution is -0.145. The first kappa shape index (κ1) is 13.0. The largest absolute Gasteiger partial charge is 0.480 e. The third-order valence-corrected chi connectivity index (χ3v) is 3.13. The van der Waals surface area contributed by atoms with Crippen LogP contribution >= 0.6 is 0 Å². The fourth-order valence-electron chi connectivity index (χ4n) is 2.10. The molecule has 0 spiro atoms. The Balaban J connectivity index is 2.61. The van der Waals surface area contributed by atoms with Gasteiger partial charge in [-0.15, -0.1) is 0 Å². The second kappa shape index (κ2) is 4.85. The molecule has 1 aliphatic carbocycles. The van der Waals surface area contributed by atoms with Crippen molar-refractivity contribution >= 4 is 11.9 Å². The Morgan fingerprint density at radius 3 is 2.12 bits per heavy atom. The average molecular weight is 227 g/mol. The smallest absolute Gasteiger partial charge is 0.326 e. The molecule has 0 unspecified atom stereocenters. The van der Waals surface area contributed by atoms with Gasteiger partial charge in [-0.25, -0.2) is 4.79 Å². The van der Waals surface area contributed by atoms with Gasteiger partial charge >= 0.3 is 5.97 Å². The number of amides is 1. The van der Waals surface area contributed by atoms with Gasteiger partial charge in [0.2, 0.25) is 5.91 Å². The van der Waals surface area contributed by atoms with Crippen molar-refractivity contribution in [3.8, 4) is 0 Å². The maximum absolute atomic E-state index is 11.8. The Labute approximate surface area is 96.4 Å². The molecule has 0 aliphatic heterocycles. The molecule has 92 valence electrons. The molecule has 1 amide bonds. The molecular weight excluding hydrogens is 206 g/mol. The van der Waals surface area contributed by atoms with Crippen molar-refractivity contribution in [3.05, 3.63) is 0 Å². The highest BCUT2D eigenvalue weighted by atomic mass is 16.4. The molecule has 4 nitrogen and oxygen atoms in total. The zero-order chi connectivity index (χ0) is 12.3. The van der Waals surface area contributed by atoms with Crippen LogP contribution in [0.3, 0.4) is 0 Å². The van der Waals surface area contributed by atoms with Crippen LogP contribution in [0.25, 0.3) is 0 Å². The summed E-state index contributed by atoms with van der Waals surface area (Å²) in [5, 5.41) is 11.7. The summed E-state index contributed by atoms with van der Waals surface area (Å²) in [5.74, 6) is -1.04. The number of carbonyl (C=O) groups is 2. The standard InChI is InChI=1S/C12H21NO3/c1-12(2,3)9(11(15)16)13-10(14)8-6-4-5-7-8/h8-9H,4-7H2,1-3H3,(H,13,14)(H,15,16)/t9-/m1/s1. The van der Waals surface area contributed by atoms with Gasteiger partial charge in [0.05, 0.1) is 0 Å². The van der Waals surface area contributed by atoms with Gasteiger partial charge in [0, 0.05) is 5.92 Å². The predicted octanol–water partition coefficient (Wildman–Crippen LogP) is 1.79. The molecule has 16 heavy (non-hydrogen) atoms. The van der Waals surface area contributed by atoms with Crippen molar-refractivity contribution < 1.29 is 14.7 Å². The molecule has 2 N–H and O–H groups in total. The Bertz CT molecular complexity index is 274. The van der Waals surface area contributed by atoms with E-state index in [2.05, 4.69) is 5.32 Å². The third kappa shape index (κ3) is 3.22. The predicted molar refractivity (Wildman–Crippen MR) is 61.0 cm³/mol. The highest BCUT2D eigenvalue weighted by molar-refractivity contribution is 5.85. The molecule has 1 saturated carbocycles. The summed E-state index contributed by atoms with van der Waals surface area (Å²) in [5.41, 5.74) is -0.458. The lowest BCUT2D eigenvalue weighted by Crippen LogP contribution is -2.50. The zero-order valence-electron chi connectivity index (χ0n) is 10.2. The summed E-state index contributed by atoms with van der Waals surface area (Å²) in [6, 6.07) is -0.805. The van der Waals surface area contributed by atoms with Crippen LogP contribution < -0.4 is 5.32 Å². The van der Waals surface area contributed by atoms with Crippen LogP contribution in [0.1, 0.15) is 46.5 Å². The average Bonchev–Trinajstić information content (AvgIpc) is 2.63. The lowest BCUT2D eigenvalue weighted by atomic mass is 9.86. The quantitative estimate of drug-likeness (QED) is 0.772. The Morgan fingerprint density at radius 2 is 1.75 bits per heavy atom. The number of carboxylic acids is 1. The summed E-state index contributed by atoms with van der Waals surface area (Å²) in [7, 11) is 0. The van der Waals surface area contributed by atoms with Gasteiger partial charge < -0.3 is 10.4 Å². The molecular formula is C12H21NO3. The van der Waals surface area contributed by atoms with E-state index in [1.54, 1.807) is 0 Å². The minimum Gasteiger partial charge on any atom is -0.480 e. The van der Waals surface area contributed by atoms with Crippen molar-refractivity contribution in [3.63, 3.8) is 0 Å². The monoisotopic (exact) mass is 227 g/mol. The lowest BCUT2D eigenvalue weighted by Gasteiger charge is -2.28. The number of hydrogen-bond donors (Lipinski definition) is 2. The topological polar surface area (TPSA) is 66.4 Å². The first-order valence-electron chi connectivity index (χ1n) is 5.85. The van der Waals surface area contributed by atoms with Crippen molar-refractivity contribution in [1.82, 2.24) is 5.32 Å². The van der Waals surface area contributed by atoms with Crippen LogP contribution in [0, 0.1) is 11.3 Å². The normalized spacial score (nSPS) is 19.4. The van der Waals surface area contributed by atoms with Gasteiger partial charge in [0.1, 0.15) is 6.04 Å². The maximum atomic E-state index is 11.8. The van der Waals surface area contributed by atoms with Gasteiger partial charge in [0.15, 0.2) is 0 Å². The van der Waals surface area contributed by atoms with E-state index < -0.39 is 17.4 Å². The molecule has 0 aromatic rings. The van der Waals surface area contributed by atoms with E-state index in [-0.39, 0.29) is 11.8 Å². The van der Waals surface area contributed by atoms with Crippen molar-refractivity contribution in [2.45, 2.75) is 52.5 Å². The van der Waals surface area contributed by atoms with Crippen LogP contribution in [0.15, 0.2) is 0 Å². The van der Waals surface area contributed by atoms with Gasteiger partial charge in [-0.05, 0) is 18.3 Å². The van der Waals surface area contributed by atoms with Crippen LogP contribution in [0.5, 0.6) is 0 Å². The van der Waals surface area contributed by atoms with Crippen molar-refractivity contribution in [1.29, 1.82) is 0 Å². The van der Waals surface area contributed by atoms with Crippen molar-refractivity contribution in [2.75, 3.05) is 0 Å². The number of nitrogens with one attached hydrogen (secondary N) is 1. The number of carboxylic acid groups (broad SMARTS) is 1. The molecule has 0 heterocycles. The van der Waals surface area contributed by atoms with Crippen molar-refractivity contribution in [2.24, 2.45) is 11.3 Å². The summed E-state index contributed by atoms with van der Waals surface area (Å²) in [6.07, 6.45) is 3.93. The van der Waals surface area contributed by atoms with E-state index in [1.165, 1.54) is 0 Å². The third-order valence-electron chi connectivity index (χ3n) is 3.13. The van der Waals surface area contributed by atoms with Gasteiger partial charge in [-0.1, -0.05) is 33.6 Å². The number of carbonyl (C=O) groups excluding carboxylic acids is 1. The van der Waals surface area contributed by atoms with E-state index in [4.69, 9.17) is 5.11 Å². The Hall–Kier alpha value is -1.06. The molecule has 0 bridgehead atoms. The zero-order valence-corrected chi connectivity index (χ0v) is 10.2.